The topological polar surface area (TPSA) is 70.4 Å². The molecule has 0 saturated carbocycles. The Kier molecular flexibility index (Phi) is 6.21. The average molecular weight is 394 g/mol. The summed E-state index contributed by atoms with van der Waals surface area (Å²) in [5.74, 6) is -0.147. The van der Waals surface area contributed by atoms with Crippen LogP contribution in [-0.4, -0.2) is 20.9 Å². The van der Waals surface area contributed by atoms with Crippen LogP contribution in [0.25, 0.3) is 11.1 Å². The molecule has 2 N–H and O–H groups in total. The molecule has 144 valence electrons. The smallest absolute Gasteiger partial charge is 0.264 e. The van der Waals surface area contributed by atoms with Gasteiger partial charge in [0.25, 0.3) is 5.56 Å². The van der Waals surface area contributed by atoms with Gasteiger partial charge in [-0.2, -0.15) is 0 Å². The molecule has 1 unspecified atom stereocenters. The van der Waals surface area contributed by atoms with E-state index in [4.69, 9.17) is 12.2 Å². The molecule has 1 heterocycles. The van der Waals surface area contributed by atoms with Gasteiger partial charge in [-0.25, -0.2) is 0 Å². The van der Waals surface area contributed by atoms with E-state index in [0.717, 1.165) is 23.1 Å². The molecule has 28 heavy (non-hydrogen) atoms. The molecule has 0 radical (unpaired) electrons. The predicted octanol–water partition coefficient (Wildman–Crippen LogP) is 4.87. The number of rotatable bonds is 6. The number of aliphatic imine (C=N–C) groups is 1. The average Bonchev–Trinajstić information content (AvgIpc) is 2.71. The van der Waals surface area contributed by atoms with Crippen molar-refractivity contribution in [3.8, 4) is 17.0 Å². The molecule has 1 aromatic heterocycles. The highest BCUT2D eigenvalue weighted by molar-refractivity contribution is 7.71. The zero-order chi connectivity index (χ0) is 20.1. The Morgan fingerprint density at radius 1 is 1.14 bits per heavy atom. The van der Waals surface area contributed by atoms with E-state index in [9.17, 15) is 9.90 Å². The van der Waals surface area contributed by atoms with Crippen molar-refractivity contribution in [3.63, 3.8) is 0 Å². The van der Waals surface area contributed by atoms with E-state index < -0.39 is 5.56 Å². The van der Waals surface area contributed by atoms with E-state index in [2.05, 4.69) is 34.2 Å². The van der Waals surface area contributed by atoms with Crippen LogP contribution in [-0.2, 0) is 6.54 Å². The summed E-state index contributed by atoms with van der Waals surface area (Å²) in [6, 6.07) is 18.2. The van der Waals surface area contributed by atoms with Crippen molar-refractivity contribution < 1.29 is 5.11 Å². The molecule has 0 saturated heterocycles. The molecule has 0 spiro atoms. The van der Waals surface area contributed by atoms with Crippen LogP contribution in [0.4, 0.5) is 0 Å². The third kappa shape index (κ3) is 4.28. The molecule has 0 aliphatic rings. The minimum atomic E-state index is -0.440. The van der Waals surface area contributed by atoms with Gasteiger partial charge in [-0.3, -0.25) is 19.3 Å². The molecular formula is C22H23N3O2S. The number of aromatic hydroxyl groups is 1. The summed E-state index contributed by atoms with van der Waals surface area (Å²) in [4.78, 5) is 19.2. The second kappa shape index (κ2) is 8.80. The van der Waals surface area contributed by atoms with Gasteiger partial charge in [0.1, 0.15) is 5.56 Å². The van der Waals surface area contributed by atoms with Gasteiger partial charge < -0.3 is 5.11 Å². The molecule has 3 aromatic rings. The molecule has 6 heteroatoms. The Balaban J connectivity index is 1.84. The van der Waals surface area contributed by atoms with Gasteiger partial charge in [-0.05, 0) is 42.3 Å². The SMILES string of the molecule is CCCn1c(O)c(C=NC(C)c2ccc(-c3ccccc3)cc2)c(=O)[nH]c1=S. The van der Waals surface area contributed by atoms with Crippen molar-refractivity contribution in [2.45, 2.75) is 32.9 Å². The third-order valence-corrected chi connectivity index (χ3v) is 4.90. The number of nitrogens with zero attached hydrogens (tertiary/aromatic N) is 2. The van der Waals surface area contributed by atoms with Crippen molar-refractivity contribution in [3.05, 3.63) is 80.8 Å². The molecule has 0 fully saturated rings. The van der Waals surface area contributed by atoms with Crippen LogP contribution in [0.15, 0.2) is 64.4 Å². The number of aromatic amines is 1. The summed E-state index contributed by atoms with van der Waals surface area (Å²) in [5, 5.41) is 10.4. The summed E-state index contributed by atoms with van der Waals surface area (Å²) in [6.07, 6.45) is 2.21. The van der Waals surface area contributed by atoms with Crippen molar-refractivity contribution in [1.82, 2.24) is 9.55 Å². The number of H-pyrrole nitrogens is 1. The largest absolute Gasteiger partial charge is 0.494 e. The monoisotopic (exact) mass is 393 g/mol. The zero-order valence-electron chi connectivity index (χ0n) is 15.9. The number of hydrogen-bond donors (Lipinski definition) is 2. The first-order chi connectivity index (χ1) is 13.5. The van der Waals surface area contributed by atoms with Crippen molar-refractivity contribution in [2.24, 2.45) is 4.99 Å². The van der Waals surface area contributed by atoms with Crippen molar-refractivity contribution in [1.29, 1.82) is 0 Å². The maximum absolute atomic E-state index is 12.2. The van der Waals surface area contributed by atoms with Gasteiger partial charge in [0.15, 0.2) is 4.77 Å². The Bertz CT molecular complexity index is 1080. The lowest BCUT2D eigenvalue weighted by atomic mass is 10.0. The fourth-order valence-electron chi connectivity index (χ4n) is 2.98. The minimum absolute atomic E-state index is 0.120. The van der Waals surface area contributed by atoms with Crippen LogP contribution in [0.5, 0.6) is 5.88 Å². The minimum Gasteiger partial charge on any atom is -0.494 e. The van der Waals surface area contributed by atoms with Gasteiger partial charge in [-0.15, -0.1) is 0 Å². The van der Waals surface area contributed by atoms with Crippen molar-refractivity contribution >= 4 is 18.4 Å². The highest BCUT2D eigenvalue weighted by Crippen LogP contribution is 2.23. The lowest BCUT2D eigenvalue weighted by Crippen LogP contribution is -2.19. The Morgan fingerprint density at radius 2 is 1.79 bits per heavy atom. The van der Waals surface area contributed by atoms with E-state index in [0.29, 0.717) is 6.54 Å². The van der Waals surface area contributed by atoms with Crippen LogP contribution in [0.2, 0.25) is 0 Å². The summed E-state index contributed by atoms with van der Waals surface area (Å²) in [6.45, 7) is 4.45. The molecule has 1 atom stereocenters. The third-order valence-electron chi connectivity index (χ3n) is 4.58. The van der Waals surface area contributed by atoms with Crippen LogP contribution >= 0.6 is 12.2 Å². The lowest BCUT2D eigenvalue weighted by Gasteiger charge is -2.11. The van der Waals surface area contributed by atoms with E-state index in [-0.39, 0.29) is 22.3 Å². The molecule has 0 aliphatic heterocycles. The predicted molar refractivity (Wildman–Crippen MR) is 116 cm³/mol. The Hall–Kier alpha value is -2.99. The van der Waals surface area contributed by atoms with Crippen LogP contribution in [0, 0.1) is 4.77 Å². The molecule has 0 bridgehead atoms. The second-order valence-corrected chi connectivity index (χ2v) is 6.98. The molecule has 2 aromatic carbocycles. The van der Waals surface area contributed by atoms with Gasteiger partial charge in [0.2, 0.25) is 5.88 Å². The second-order valence-electron chi connectivity index (χ2n) is 6.59. The number of hydrogen-bond acceptors (Lipinski definition) is 4. The fraction of sp³-hybridized carbons (Fsp3) is 0.227. The van der Waals surface area contributed by atoms with Crippen LogP contribution < -0.4 is 5.56 Å². The summed E-state index contributed by atoms with van der Waals surface area (Å²) >= 11 is 5.12. The molecule has 0 amide bonds. The van der Waals surface area contributed by atoms with Crippen LogP contribution in [0.1, 0.15) is 37.4 Å². The van der Waals surface area contributed by atoms with Crippen molar-refractivity contribution in [2.75, 3.05) is 0 Å². The first-order valence-corrected chi connectivity index (χ1v) is 9.66. The summed E-state index contributed by atoms with van der Waals surface area (Å²) < 4.78 is 1.73. The quantitative estimate of drug-likeness (QED) is 0.464. The number of aromatic nitrogens is 2. The fourth-order valence-corrected chi connectivity index (χ4v) is 3.25. The zero-order valence-corrected chi connectivity index (χ0v) is 16.7. The maximum Gasteiger partial charge on any atom is 0.264 e. The Labute approximate surface area is 169 Å². The van der Waals surface area contributed by atoms with E-state index in [1.54, 1.807) is 0 Å². The van der Waals surface area contributed by atoms with E-state index >= 15 is 0 Å². The van der Waals surface area contributed by atoms with Gasteiger partial charge in [-0.1, -0.05) is 61.5 Å². The standard InChI is InChI=1S/C22H23N3O2S/c1-3-13-25-21(27)19(20(26)24-22(25)28)14-23-15(2)16-9-11-18(12-10-16)17-7-5-4-6-8-17/h4-12,14-15,27H,3,13H2,1-2H3,(H,24,26,28). The summed E-state index contributed by atoms with van der Waals surface area (Å²) in [5.41, 5.74) is 3.00. The van der Waals surface area contributed by atoms with Crippen LogP contribution in [0.3, 0.4) is 0 Å². The molecule has 3 rings (SSSR count). The highest BCUT2D eigenvalue weighted by Gasteiger charge is 2.11. The number of benzene rings is 2. The lowest BCUT2D eigenvalue weighted by molar-refractivity contribution is 0.401. The van der Waals surface area contributed by atoms with E-state index in [1.165, 1.54) is 10.8 Å². The Morgan fingerprint density at radius 3 is 2.43 bits per heavy atom. The maximum atomic E-state index is 12.2. The number of nitrogens with one attached hydrogen (secondary N) is 1. The van der Waals surface area contributed by atoms with Gasteiger partial charge in [0, 0.05) is 12.8 Å². The van der Waals surface area contributed by atoms with Gasteiger partial charge in [0.05, 0.1) is 6.04 Å². The normalized spacial score (nSPS) is 12.4. The molecular weight excluding hydrogens is 370 g/mol. The summed E-state index contributed by atoms with van der Waals surface area (Å²) in [7, 11) is 0. The highest BCUT2D eigenvalue weighted by atomic mass is 32.1. The van der Waals surface area contributed by atoms with E-state index in [1.807, 2.05) is 44.2 Å². The molecule has 5 nitrogen and oxygen atoms in total. The van der Waals surface area contributed by atoms with Gasteiger partial charge >= 0.3 is 0 Å². The first kappa shape index (κ1) is 19.8. The molecule has 0 aliphatic carbocycles. The first-order valence-electron chi connectivity index (χ1n) is 9.26.